The Labute approximate surface area is 240 Å². The number of hydrogen-bond donors (Lipinski definition) is 0. The van der Waals surface area contributed by atoms with Gasteiger partial charge in [-0.05, 0) is 30.2 Å². The minimum atomic E-state index is -0.555. The van der Waals surface area contributed by atoms with Gasteiger partial charge in [-0.3, -0.25) is 33.0 Å². The summed E-state index contributed by atoms with van der Waals surface area (Å²) in [7, 11) is 3.08. The molecule has 2 aliphatic rings. The van der Waals surface area contributed by atoms with E-state index in [1.165, 1.54) is 16.5 Å². The zero-order valence-corrected chi connectivity index (χ0v) is 23.8. The molecule has 1 unspecified atom stereocenters. The number of fused-ring (bicyclic) bond motifs is 1. The Balaban J connectivity index is 1.28. The Morgan fingerprint density at radius 1 is 0.927 bits per heavy atom. The maximum atomic E-state index is 13.4. The van der Waals surface area contributed by atoms with Crippen molar-refractivity contribution in [1.82, 2.24) is 23.6 Å². The second-order valence-electron chi connectivity index (χ2n) is 10.6. The summed E-state index contributed by atoms with van der Waals surface area (Å²) in [6, 6.07) is 14.4. The fraction of sp³-hybridized carbons (Fsp3) is 0.345. The van der Waals surface area contributed by atoms with Gasteiger partial charge in [0.25, 0.3) is 11.5 Å². The number of rotatable bonds is 5. The minimum absolute atomic E-state index is 0.106. The minimum Gasteiger partial charge on any atom is -0.340 e. The van der Waals surface area contributed by atoms with Crippen LogP contribution in [0.4, 0.5) is 11.6 Å². The van der Waals surface area contributed by atoms with Crippen LogP contribution in [0.25, 0.3) is 11.2 Å². The molecule has 4 aromatic rings. The molecule has 0 radical (unpaired) electrons. The summed E-state index contributed by atoms with van der Waals surface area (Å²) in [5, 5.41) is 0.505. The van der Waals surface area contributed by atoms with Gasteiger partial charge in [0.1, 0.15) is 0 Å². The first kappa shape index (κ1) is 27.0. The first-order valence-corrected chi connectivity index (χ1v) is 13.9. The van der Waals surface area contributed by atoms with Crippen molar-refractivity contribution in [3.8, 4) is 0 Å². The third-order valence-corrected chi connectivity index (χ3v) is 8.49. The smallest absolute Gasteiger partial charge is 0.332 e. The normalized spacial score (nSPS) is 18.2. The summed E-state index contributed by atoms with van der Waals surface area (Å²) < 4.78 is 4.37. The average molecular weight is 576 g/mol. The summed E-state index contributed by atoms with van der Waals surface area (Å²) in [6.45, 7) is 4.38. The quantitative estimate of drug-likeness (QED) is 0.335. The molecule has 2 saturated heterocycles. The molecule has 11 nitrogen and oxygen atoms in total. The van der Waals surface area contributed by atoms with Crippen molar-refractivity contribution in [3.05, 3.63) is 85.5 Å². The third-order valence-electron chi connectivity index (χ3n) is 8.09. The number of aromatic nitrogens is 4. The number of piperazine rings is 1. The Bertz CT molecular complexity index is 1800. The molecule has 2 aromatic carbocycles. The van der Waals surface area contributed by atoms with Crippen LogP contribution < -0.4 is 21.0 Å². The van der Waals surface area contributed by atoms with E-state index in [1.807, 2.05) is 46.7 Å². The molecule has 212 valence electrons. The van der Waals surface area contributed by atoms with Crippen molar-refractivity contribution in [1.29, 1.82) is 0 Å². The van der Waals surface area contributed by atoms with E-state index < -0.39 is 17.3 Å². The number of carbonyl (C=O) groups excluding carboxylic acids is 2. The highest BCUT2D eigenvalue weighted by Gasteiger charge is 2.43. The molecule has 0 N–H and O–H groups in total. The van der Waals surface area contributed by atoms with Gasteiger partial charge in [-0.25, -0.2) is 9.69 Å². The van der Waals surface area contributed by atoms with Crippen LogP contribution in [-0.2, 0) is 30.2 Å². The van der Waals surface area contributed by atoms with Crippen LogP contribution in [0.3, 0.4) is 0 Å². The molecule has 0 saturated carbocycles. The number of carbonyl (C=O) groups is 2. The second kappa shape index (κ2) is 10.3. The van der Waals surface area contributed by atoms with Crippen molar-refractivity contribution < 1.29 is 9.59 Å². The average Bonchev–Trinajstić information content (AvgIpc) is 3.49. The second-order valence-corrected chi connectivity index (χ2v) is 11.0. The number of anilines is 2. The maximum Gasteiger partial charge on any atom is 0.332 e. The van der Waals surface area contributed by atoms with E-state index in [1.54, 1.807) is 25.2 Å². The van der Waals surface area contributed by atoms with Crippen LogP contribution in [0.15, 0.2) is 58.1 Å². The van der Waals surface area contributed by atoms with Gasteiger partial charge in [0.05, 0.1) is 24.7 Å². The van der Waals surface area contributed by atoms with E-state index in [2.05, 4.69) is 4.90 Å². The Morgan fingerprint density at radius 2 is 1.63 bits per heavy atom. The van der Waals surface area contributed by atoms with E-state index in [-0.39, 0.29) is 18.2 Å². The molecule has 0 bridgehead atoms. The highest BCUT2D eigenvalue weighted by molar-refractivity contribution is 6.32. The molecule has 0 aliphatic carbocycles. The molecule has 2 aromatic heterocycles. The highest BCUT2D eigenvalue weighted by atomic mass is 35.5. The lowest BCUT2D eigenvalue weighted by molar-refractivity contribution is -0.123. The number of nitrogens with zero attached hydrogens (tertiary/aromatic N) is 7. The standard InChI is InChI=1S/C29H30ClN7O4/c1-18-9-10-20(15-21(18)30)37-23(38)16-22(26(37)39)34-11-13-35(14-12-34)28-31-25-24(27(40)33(3)29(41)32(25)2)36(28)17-19-7-5-4-6-8-19/h4-10,15,22H,11-14,16-17H2,1-3H3. The van der Waals surface area contributed by atoms with Gasteiger partial charge >= 0.3 is 5.69 Å². The van der Waals surface area contributed by atoms with Gasteiger partial charge in [-0.1, -0.05) is 48.0 Å². The molecular weight excluding hydrogens is 546 g/mol. The predicted octanol–water partition coefficient (Wildman–Crippen LogP) is 1.90. The Hall–Kier alpha value is -4.22. The van der Waals surface area contributed by atoms with E-state index in [0.717, 1.165) is 15.7 Å². The van der Waals surface area contributed by atoms with Gasteiger partial charge in [0.15, 0.2) is 11.2 Å². The Kier molecular flexibility index (Phi) is 6.79. The Morgan fingerprint density at radius 3 is 2.32 bits per heavy atom. The maximum absolute atomic E-state index is 13.4. The fourth-order valence-electron chi connectivity index (χ4n) is 5.72. The summed E-state index contributed by atoms with van der Waals surface area (Å²) in [4.78, 5) is 62.4. The number of amides is 2. The topological polar surface area (TPSA) is 106 Å². The van der Waals surface area contributed by atoms with Crippen molar-refractivity contribution in [2.45, 2.75) is 25.9 Å². The largest absolute Gasteiger partial charge is 0.340 e. The van der Waals surface area contributed by atoms with Gasteiger partial charge in [0, 0.05) is 45.3 Å². The van der Waals surface area contributed by atoms with Crippen LogP contribution in [0.5, 0.6) is 0 Å². The summed E-state index contributed by atoms with van der Waals surface area (Å²) in [5.41, 5.74) is 2.20. The number of hydrogen-bond acceptors (Lipinski definition) is 7. The van der Waals surface area contributed by atoms with Crippen molar-refractivity contribution in [2.24, 2.45) is 14.1 Å². The SMILES string of the molecule is Cc1ccc(N2C(=O)CC(N3CCN(c4nc5c(c(=O)n(C)c(=O)n5C)n4Cc4ccccc4)CC3)C2=O)cc1Cl. The molecule has 2 aliphatic heterocycles. The van der Waals surface area contributed by atoms with Gasteiger partial charge in [-0.15, -0.1) is 0 Å². The lowest BCUT2D eigenvalue weighted by Gasteiger charge is -2.37. The van der Waals surface area contributed by atoms with Crippen LogP contribution >= 0.6 is 11.6 Å². The first-order chi connectivity index (χ1) is 19.7. The van der Waals surface area contributed by atoms with E-state index in [4.69, 9.17) is 16.6 Å². The van der Waals surface area contributed by atoms with E-state index >= 15 is 0 Å². The van der Waals surface area contributed by atoms with Crippen molar-refractivity contribution in [3.63, 3.8) is 0 Å². The molecule has 4 heterocycles. The predicted molar refractivity (Wildman–Crippen MR) is 157 cm³/mol. The summed E-state index contributed by atoms with van der Waals surface area (Å²) in [5.74, 6) is 0.0912. The van der Waals surface area contributed by atoms with Gasteiger partial charge < -0.3 is 4.90 Å². The lowest BCUT2D eigenvalue weighted by atomic mass is 10.1. The summed E-state index contributed by atoms with van der Waals surface area (Å²) in [6.07, 6.45) is 0.106. The zero-order chi connectivity index (χ0) is 29.0. The molecule has 2 fully saturated rings. The van der Waals surface area contributed by atoms with E-state index in [0.29, 0.717) is 60.5 Å². The number of imide groups is 1. The summed E-state index contributed by atoms with van der Waals surface area (Å²) >= 11 is 6.26. The molecule has 12 heteroatoms. The number of aryl methyl sites for hydroxylation is 2. The number of benzene rings is 2. The van der Waals surface area contributed by atoms with E-state index in [9.17, 15) is 19.2 Å². The zero-order valence-electron chi connectivity index (χ0n) is 23.1. The van der Waals surface area contributed by atoms with Crippen LogP contribution in [0, 0.1) is 6.92 Å². The van der Waals surface area contributed by atoms with Crippen molar-refractivity contribution in [2.75, 3.05) is 36.0 Å². The van der Waals surface area contributed by atoms with Gasteiger partial charge in [0.2, 0.25) is 11.9 Å². The number of halogens is 1. The van der Waals surface area contributed by atoms with Crippen LogP contribution in [0.1, 0.15) is 17.5 Å². The van der Waals surface area contributed by atoms with Crippen molar-refractivity contribution >= 4 is 46.2 Å². The monoisotopic (exact) mass is 575 g/mol. The van der Waals surface area contributed by atoms with Gasteiger partial charge in [-0.2, -0.15) is 4.98 Å². The molecule has 41 heavy (non-hydrogen) atoms. The molecular formula is C29H30ClN7O4. The number of imidazole rings is 1. The van der Waals surface area contributed by atoms with Crippen LogP contribution in [0.2, 0.25) is 5.02 Å². The molecule has 6 rings (SSSR count). The third kappa shape index (κ3) is 4.54. The first-order valence-electron chi connectivity index (χ1n) is 13.5. The molecule has 2 amide bonds. The fourth-order valence-corrected chi connectivity index (χ4v) is 5.89. The molecule has 0 spiro atoms. The van der Waals surface area contributed by atoms with Crippen LogP contribution in [-0.4, -0.2) is 67.6 Å². The lowest BCUT2D eigenvalue weighted by Crippen LogP contribution is -2.53. The highest BCUT2D eigenvalue weighted by Crippen LogP contribution is 2.30. The molecule has 1 atom stereocenters.